The molecule has 0 radical (unpaired) electrons. The topological polar surface area (TPSA) is 114 Å². The molecule has 2 heterocycles. The van der Waals surface area contributed by atoms with E-state index in [2.05, 4.69) is 20.8 Å². The van der Waals surface area contributed by atoms with E-state index in [1.807, 2.05) is 0 Å². The Labute approximate surface area is 200 Å². The van der Waals surface area contributed by atoms with Crippen LogP contribution in [0.4, 0.5) is 5.69 Å². The van der Waals surface area contributed by atoms with Crippen LogP contribution in [-0.2, 0) is 21.2 Å². The molecule has 8 nitrogen and oxygen atoms in total. The maximum atomic E-state index is 13.2. The van der Waals surface area contributed by atoms with E-state index in [9.17, 15) is 13.2 Å². The summed E-state index contributed by atoms with van der Waals surface area (Å²) in [5.74, 6) is -0.150. The molecule has 170 valence electrons. The number of hydrogen-bond donors (Lipinski definition) is 2. The van der Waals surface area contributed by atoms with Crippen LogP contribution >= 0.6 is 11.6 Å². The molecule has 34 heavy (non-hydrogen) atoms. The molecule has 0 atom stereocenters. The lowest BCUT2D eigenvalue weighted by molar-refractivity contribution is -0.112. The smallest absolute Gasteiger partial charge is 0.269 e. The minimum Gasteiger partial charge on any atom is -0.374 e. The van der Waals surface area contributed by atoms with Gasteiger partial charge in [0, 0.05) is 21.8 Å². The molecular formula is C24H17ClN4O4S. The highest BCUT2D eigenvalue weighted by atomic mass is 35.5. The van der Waals surface area contributed by atoms with Gasteiger partial charge in [-0.3, -0.25) is 4.79 Å². The predicted molar refractivity (Wildman–Crippen MR) is 127 cm³/mol. The van der Waals surface area contributed by atoms with Gasteiger partial charge in [0.05, 0.1) is 17.1 Å². The SMILES string of the molecule is O=C(Nc1ccccc1)C1=C(NCc2nc(-c3ccc(Cl)cc3)no2)c2ccccc2S1(=O)=O. The van der Waals surface area contributed by atoms with Gasteiger partial charge in [0.2, 0.25) is 21.6 Å². The van der Waals surface area contributed by atoms with Gasteiger partial charge in [-0.05, 0) is 42.5 Å². The van der Waals surface area contributed by atoms with Gasteiger partial charge < -0.3 is 15.2 Å². The van der Waals surface area contributed by atoms with Crippen LogP contribution in [0.2, 0.25) is 5.02 Å². The van der Waals surface area contributed by atoms with E-state index < -0.39 is 15.7 Å². The van der Waals surface area contributed by atoms with Gasteiger partial charge in [-0.25, -0.2) is 8.42 Å². The Morgan fingerprint density at radius 3 is 2.41 bits per heavy atom. The fraction of sp³-hybridized carbons (Fsp3) is 0.0417. The third kappa shape index (κ3) is 4.07. The summed E-state index contributed by atoms with van der Waals surface area (Å²) in [4.78, 5) is 17.1. The van der Waals surface area contributed by atoms with Crippen LogP contribution in [0.3, 0.4) is 0 Å². The summed E-state index contributed by atoms with van der Waals surface area (Å²) >= 11 is 5.92. The number of hydrogen-bond acceptors (Lipinski definition) is 7. The second-order valence-electron chi connectivity index (χ2n) is 7.40. The van der Waals surface area contributed by atoms with Crippen molar-refractivity contribution in [2.24, 2.45) is 0 Å². The van der Waals surface area contributed by atoms with E-state index in [1.165, 1.54) is 6.07 Å². The van der Waals surface area contributed by atoms with E-state index in [-0.39, 0.29) is 27.9 Å². The average Bonchev–Trinajstić information content (AvgIpc) is 3.39. The van der Waals surface area contributed by atoms with Crippen molar-refractivity contribution in [2.45, 2.75) is 11.4 Å². The molecule has 3 aromatic carbocycles. The molecule has 0 saturated heterocycles. The predicted octanol–water partition coefficient (Wildman–Crippen LogP) is 4.27. The van der Waals surface area contributed by atoms with Crippen molar-refractivity contribution in [1.29, 1.82) is 0 Å². The van der Waals surface area contributed by atoms with Gasteiger partial charge in [0.1, 0.15) is 0 Å². The number of halogens is 1. The summed E-state index contributed by atoms with van der Waals surface area (Å²) in [5.41, 5.74) is 1.78. The van der Waals surface area contributed by atoms with Crippen molar-refractivity contribution in [1.82, 2.24) is 15.5 Å². The van der Waals surface area contributed by atoms with Gasteiger partial charge in [-0.1, -0.05) is 53.2 Å². The number of para-hydroxylation sites is 1. The quantitative estimate of drug-likeness (QED) is 0.413. The number of nitrogens with zero attached hydrogens (tertiary/aromatic N) is 2. The van der Waals surface area contributed by atoms with Crippen molar-refractivity contribution in [3.05, 3.63) is 100 Å². The highest BCUT2D eigenvalue weighted by Gasteiger charge is 2.40. The first-order valence-electron chi connectivity index (χ1n) is 10.2. The van der Waals surface area contributed by atoms with Gasteiger partial charge in [-0.15, -0.1) is 0 Å². The zero-order valence-corrected chi connectivity index (χ0v) is 19.1. The number of anilines is 1. The van der Waals surface area contributed by atoms with Crippen molar-refractivity contribution in [3.63, 3.8) is 0 Å². The Balaban J connectivity index is 1.46. The summed E-state index contributed by atoms with van der Waals surface area (Å²) in [6, 6.07) is 22.0. The van der Waals surface area contributed by atoms with Crippen molar-refractivity contribution < 1.29 is 17.7 Å². The molecule has 0 aliphatic carbocycles. The summed E-state index contributed by atoms with van der Waals surface area (Å²) in [6.45, 7) is 0.0158. The monoisotopic (exact) mass is 492 g/mol. The van der Waals surface area contributed by atoms with E-state index in [0.717, 1.165) is 5.56 Å². The average molecular weight is 493 g/mol. The molecule has 5 rings (SSSR count). The summed E-state index contributed by atoms with van der Waals surface area (Å²) in [5, 5.41) is 10.2. The molecule has 0 bridgehead atoms. The number of carbonyl (C=O) groups excluding carboxylic acids is 1. The zero-order valence-electron chi connectivity index (χ0n) is 17.5. The van der Waals surface area contributed by atoms with E-state index in [1.54, 1.807) is 72.8 Å². The Morgan fingerprint density at radius 1 is 0.941 bits per heavy atom. The number of benzene rings is 3. The highest BCUT2D eigenvalue weighted by Crippen LogP contribution is 2.38. The molecular weight excluding hydrogens is 476 g/mol. The second kappa shape index (κ2) is 8.77. The fourth-order valence-electron chi connectivity index (χ4n) is 3.60. The first-order valence-corrected chi connectivity index (χ1v) is 12.1. The number of fused-ring (bicyclic) bond motifs is 1. The van der Waals surface area contributed by atoms with E-state index >= 15 is 0 Å². The molecule has 0 unspecified atom stereocenters. The third-order valence-corrected chi connectivity index (χ3v) is 7.28. The molecule has 2 N–H and O–H groups in total. The Hall–Kier alpha value is -3.95. The minimum atomic E-state index is -4.04. The van der Waals surface area contributed by atoms with Crippen LogP contribution in [0.1, 0.15) is 11.5 Å². The molecule has 0 saturated carbocycles. The van der Waals surface area contributed by atoms with Crippen LogP contribution in [0.25, 0.3) is 17.1 Å². The maximum Gasteiger partial charge on any atom is 0.269 e. The molecule has 4 aromatic rings. The molecule has 0 fully saturated rings. The Kier molecular flexibility index (Phi) is 5.64. The third-order valence-electron chi connectivity index (χ3n) is 5.17. The maximum absolute atomic E-state index is 13.2. The van der Waals surface area contributed by atoms with Crippen LogP contribution in [-0.4, -0.2) is 24.5 Å². The summed E-state index contributed by atoms with van der Waals surface area (Å²) in [7, 11) is -4.04. The van der Waals surface area contributed by atoms with Gasteiger partial charge in [0.15, 0.2) is 4.91 Å². The van der Waals surface area contributed by atoms with Crippen LogP contribution in [0.15, 0.2) is 93.2 Å². The summed E-state index contributed by atoms with van der Waals surface area (Å²) < 4.78 is 31.8. The van der Waals surface area contributed by atoms with Gasteiger partial charge in [-0.2, -0.15) is 4.98 Å². The number of sulfone groups is 1. The van der Waals surface area contributed by atoms with E-state index in [0.29, 0.717) is 22.1 Å². The molecule has 1 aliphatic rings. The van der Waals surface area contributed by atoms with Gasteiger partial charge in [0.25, 0.3) is 5.91 Å². The molecule has 0 spiro atoms. The summed E-state index contributed by atoms with van der Waals surface area (Å²) in [6.07, 6.45) is 0. The van der Waals surface area contributed by atoms with Crippen molar-refractivity contribution in [3.8, 4) is 11.4 Å². The number of amides is 1. The first-order chi connectivity index (χ1) is 16.4. The first kappa shape index (κ1) is 21.9. The Bertz CT molecular complexity index is 1510. The van der Waals surface area contributed by atoms with Crippen LogP contribution in [0.5, 0.6) is 0 Å². The van der Waals surface area contributed by atoms with Gasteiger partial charge >= 0.3 is 0 Å². The standard InChI is InChI=1S/C24H17ClN4O4S/c25-16-12-10-15(11-13-16)23-28-20(33-29-23)14-26-21-18-8-4-5-9-19(18)34(31,32)22(21)24(30)27-17-6-2-1-3-7-17/h1-13,26H,14H2,(H,27,30). The minimum absolute atomic E-state index is 0.0158. The number of carbonyl (C=O) groups is 1. The Morgan fingerprint density at radius 2 is 1.65 bits per heavy atom. The second-order valence-corrected chi connectivity index (χ2v) is 9.69. The normalized spacial score (nSPS) is 14.0. The number of aromatic nitrogens is 2. The lowest BCUT2D eigenvalue weighted by Crippen LogP contribution is -2.22. The van der Waals surface area contributed by atoms with Crippen molar-refractivity contribution in [2.75, 3.05) is 5.32 Å². The lowest BCUT2D eigenvalue weighted by Gasteiger charge is -2.10. The molecule has 1 aliphatic heterocycles. The highest BCUT2D eigenvalue weighted by molar-refractivity contribution is 7.97. The largest absolute Gasteiger partial charge is 0.374 e. The molecule has 10 heteroatoms. The lowest BCUT2D eigenvalue weighted by atomic mass is 10.1. The van der Waals surface area contributed by atoms with Crippen LogP contribution < -0.4 is 10.6 Å². The zero-order chi connectivity index (χ0) is 23.7. The molecule has 1 amide bonds. The van der Waals surface area contributed by atoms with Crippen LogP contribution in [0, 0.1) is 0 Å². The number of nitrogens with one attached hydrogen (secondary N) is 2. The van der Waals surface area contributed by atoms with Crippen molar-refractivity contribution >= 4 is 38.7 Å². The number of rotatable bonds is 6. The van der Waals surface area contributed by atoms with E-state index in [4.69, 9.17) is 16.1 Å². The molecule has 1 aromatic heterocycles. The fourth-order valence-corrected chi connectivity index (χ4v) is 5.41.